The van der Waals surface area contributed by atoms with Crippen LogP contribution in [0.2, 0.25) is 5.02 Å². The van der Waals surface area contributed by atoms with Crippen LogP contribution in [-0.4, -0.2) is 49.1 Å². The Morgan fingerprint density at radius 3 is 2.86 bits per heavy atom. The molecule has 1 heterocycles. The molecule has 1 saturated heterocycles. The first-order valence-corrected chi connectivity index (χ1v) is 7.32. The van der Waals surface area contributed by atoms with Gasteiger partial charge in [0.1, 0.15) is 5.82 Å². The van der Waals surface area contributed by atoms with Gasteiger partial charge < -0.3 is 15.0 Å². The van der Waals surface area contributed by atoms with Crippen molar-refractivity contribution in [1.82, 2.24) is 10.2 Å². The van der Waals surface area contributed by atoms with Crippen molar-refractivity contribution in [3.8, 4) is 0 Å². The molecule has 5 nitrogen and oxygen atoms in total. The van der Waals surface area contributed by atoms with Crippen LogP contribution in [0, 0.1) is 5.82 Å². The lowest BCUT2D eigenvalue weighted by atomic mass is 10.0. The van der Waals surface area contributed by atoms with Gasteiger partial charge in [0.25, 0.3) is 5.91 Å². The number of hydrogen-bond donors (Lipinski definition) is 1. The second-order valence-electron chi connectivity index (χ2n) is 5.35. The van der Waals surface area contributed by atoms with E-state index in [9.17, 15) is 14.0 Å². The largest absolute Gasteiger partial charge is 0.362 e. The van der Waals surface area contributed by atoms with Crippen LogP contribution in [0.4, 0.5) is 4.39 Å². The van der Waals surface area contributed by atoms with Gasteiger partial charge in [0.15, 0.2) is 5.60 Å². The summed E-state index contributed by atoms with van der Waals surface area (Å²) < 4.78 is 19.3. The average molecular weight is 329 g/mol. The van der Waals surface area contributed by atoms with E-state index in [0.717, 1.165) is 0 Å². The molecule has 1 aliphatic rings. The third-order valence-electron chi connectivity index (χ3n) is 3.72. The molecule has 120 valence electrons. The zero-order chi connectivity index (χ0) is 16.3. The Morgan fingerprint density at radius 2 is 2.23 bits per heavy atom. The molecule has 2 rings (SSSR count). The number of likely N-dealkylation sites (N-methyl/N-ethyl adjacent to an activating group) is 1. The van der Waals surface area contributed by atoms with Gasteiger partial charge in [-0.3, -0.25) is 9.59 Å². The van der Waals surface area contributed by atoms with E-state index in [4.69, 9.17) is 16.3 Å². The lowest BCUT2D eigenvalue weighted by molar-refractivity contribution is -0.162. The topological polar surface area (TPSA) is 58.6 Å². The Morgan fingerprint density at radius 1 is 1.50 bits per heavy atom. The maximum Gasteiger partial charge on any atom is 0.253 e. The van der Waals surface area contributed by atoms with Gasteiger partial charge in [0.2, 0.25) is 5.91 Å². The Kier molecular flexibility index (Phi) is 5.03. The molecule has 0 radical (unpaired) electrons. The second-order valence-corrected chi connectivity index (χ2v) is 5.76. The van der Waals surface area contributed by atoms with Crippen molar-refractivity contribution >= 4 is 23.4 Å². The highest BCUT2D eigenvalue weighted by atomic mass is 35.5. The van der Waals surface area contributed by atoms with Crippen LogP contribution in [-0.2, 0) is 20.7 Å². The van der Waals surface area contributed by atoms with E-state index in [2.05, 4.69) is 5.32 Å². The van der Waals surface area contributed by atoms with Crippen LogP contribution < -0.4 is 5.32 Å². The van der Waals surface area contributed by atoms with E-state index >= 15 is 0 Å². The summed E-state index contributed by atoms with van der Waals surface area (Å²) in [6, 6.07) is 4.30. The number of benzene rings is 1. The van der Waals surface area contributed by atoms with Crippen LogP contribution in [0.5, 0.6) is 0 Å². The number of carbonyl (C=O) groups is 2. The summed E-state index contributed by atoms with van der Waals surface area (Å²) in [5, 5.41) is 2.74. The van der Waals surface area contributed by atoms with E-state index in [0.29, 0.717) is 6.54 Å². The quantitative estimate of drug-likeness (QED) is 0.912. The van der Waals surface area contributed by atoms with E-state index in [1.54, 1.807) is 13.0 Å². The number of amides is 2. The van der Waals surface area contributed by atoms with Gasteiger partial charge in [-0.15, -0.1) is 0 Å². The number of nitrogens with one attached hydrogen (secondary N) is 1. The molecule has 22 heavy (non-hydrogen) atoms. The predicted molar refractivity (Wildman–Crippen MR) is 80.1 cm³/mol. The van der Waals surface area contributed by atoms with E-state index in [1.165, 1.54) is 24.1 Å². The third-order valence-corrected chi connectivity index (χ3v) is 4.08. The molecule has 1 aromatic carbocycles. The molecule has 0 saturated carbocycles. The number of ether oxygens (including phenoxy) is 1. The Balaban J connectivity index is 2.11. The third kappa shape index (κ3) is 3.39. The normalized spacial score (nSPS) is 21.5. The van der Waals surface area contributed by atoms with Gasteiger partial charge in [-0.05, 0) is 19.1 Å². The summed E-state index contributed by atoms with van der Waals surface area (Å²) in [7, 11) is 1.51. The fourth-order valence-corrected chi connectivity index (χ4v) is 2.68. The fourth-order valence-electron chi connectivity index (χ4n) is 2.45. The summed E-state index contributed by atoms with van der Waals surface area (Å²) in [5.41, 5.74) is -0.927. The van der Waals surface area contributed by atoms with Crippen molar-refractivity contribution in [3.63, 3.8) is 0 Å². The van der Waals surface area contributed by atoms with E-state index < -0.39 is 11.4 Å². The van der Waals surface area contributed by atoms with Crippen molar-refractivity contribution in [2.45, 2.75) is 18.9 Å². The molecular formula is C15H18ClFN2O3. The van der Waals surface area contributed by atoms with Crippen LogP contribution in [0.15, 0.2) is 18.2 Å². The van der Waals surface area contributed by atoms with Crippen LogP contribution in [0.25, 0.3) is 0 Å². The highest BCUT2D eigenvalue weighted by Gasteiger charge is 2.40. The Hall–Kier alpha value is -1.66. The SMILES string of the molecule is CNC(=O)[C@]1(C)CN(C(=O)Cc2c(F)cccc2Cl)CCO1. The molecule has 1 aromatic rings. The molecule has 0 aliphatic carbocycles. The van der Waals surface area contributed by atoms with Gasteiger partial charge in [-0.1, -0.05) is 17.7 Å². The van der Waals surface area contributed by atoms with E-state index in [1.807, 2.05) is 0 Å². The van der Waals surface area contributed by atoms with Crippen molar-refractivity contribution in [1.29, 1.82) is 0 Å². The van der Waals surface area contributed by atoms with Gasteiger partial charge in [0, 0.05) is 24.2 Å². The molecule has 1 aliphatic heterocycles. The average Bonchev–Trinajstić information content (AvgIpc) is 2.50. The van der Waals surface area contributed by atoms with Crippen molar-refractivity contribution in [2.24, 2.45) is 0 Å². The van der Waals surface area contributed by atoms with E-state index in [-0.39, 0.29) is 42.0 Å². The molecule has 1 fully saturated rings. The zero-order valence-electron chi connectivity index (χ0n) is 12.5. The monoisotopic (exact) mass is 328 g/mol. The van der Waals surface area contributed by atoms with Crippen LogP contribution >= 0.6 is 11.6 Å². The minimum atomic E-state index is -1.10. The molecule has 0 spiro atoms. The van der Waals surface area contributed by atoms with Gasteiger partial charge in [0.05, 0.1) is 19.6 Å². The number of hydrogen-bond acceptors (Lipinski definition) is 3. The summed E-state index contributed by atoms with van der Waals surface area (Å²) in [5.74, 6) is -1.09. The molecule has 7 heteroatoms. The molecule has 0 bridgehead atoms. The smallest absolute Gasteiger partial charge is 0.253 e. The minimum absolute atomic E-state index is 0.123. The number of halogens is 2. The fraction of sp³-hybridized carbons (Fsp3) is 0.467. The maximum absolute atomic E-state index is 13.8. The van der Waals surface area contributed by atoms with Crippen molar-refractivity contribution < 1.29 is 18.7 Å². The first-order chi connectivity index (χ1) is 10.4. The molecule has 2 amide bonds. The van der Waals surface area contributed by atoms with Gasteiger partial charge in [-0.2, -0.15) is 0 Å². The minimum Gasteiger partial charge on any atom is -0.362 e. The van der Waals surface area contributed by atoms with Crippen LogP contribution in [0.3, 0.4) is 0 Å². The number of nitrogens with zero attached hydrogens (tertiary/aromatic N) is 1. The summed E-state index contributed by atoms with van der Waals surface area (Å²) in [6.45, 7) is 2.36. The van der Waals surface area contributed by atoms with Gasteiger partial charge >= 0.3 is 0 Å². The predicted octanol–water partition coefficient (Wildman–Crippen LogP) is 1.39. The summed E-state index contributed by atoms with van der Waals surface area (Å²) in [4.78, 5) is 25.8. The highest BCUT2D eigenvalue weighted by Crippen LogP contribution is 2.22. The molecule has 0 unspecified atom stereocenters. The summed E-state index contributed by atoms with van der Waals surface area (Å²) >= 11 is 5.94. The first kappa shape index (κ1) is 16.7. The second kappa shape index (κ2) is 6.62. The molecular weight excluding hydrogens is 311 g/mol. The molecule has 1 N–H and O–H groups in total. The standard InChI is InChI=1S/C15H18ClFN2O3/c1-15(14(21)18-2)9-19(6-7-22-15)13(20)8-10-11(16)4-3-5-12(10)17/h3-5H,6-9H2,1-2H3,(H,18,21)/t15-/m0/s1. The maximum atomic E-state index is 13.8. The Labute approximate surface area is 133 Å². The number of morpholine rings is 1. The highest BCUT2D eigenvalue weighted by molar-refractivity contribution is 6.31. The number of carbonyl (C=O) groups excluding carboxylic acids is 2. The molecule has 1 atom stereocenters. The lowest BCUT2D eigenvalue weighted by Crippen LogP contribution is -2.59. The molecule has 0 aromatic heterocycles. The van der Waals surface area contributed by atoms with Crippen LogP contribution in [0.1, 0.15) is 12.5 Å². The van der Waals surface area contributed by atoms with Gasteiger partial charge in [-0.25, -0.2) is 4.39 Å². The number of rotatable bonds is 3. The summed E-state index contributed by atoms with van der Waals surface area (Å²) in [6.07, 6.45) is -0.144. The lowest BCUT2D eigenvalue weighted by Gasteiger charge is -2.39. The Bertz CT molecular complexity index is 576. The van der Waals surface area contributed by atoms with Crippen molar-refractivity contribution in [2.75, 3.05) is 26.7 Å². The first-order valence-electron chi connectivity index (χ1n) is 6.94. The van der Waals surface area contributed by atoms with Crippen molar-refractivity contribution in [3.05, 3.63) is 34.6 Å². The zero-order valence-corrected chi connectivity index (χ0v) is 13.2.